The highest BCUT2D eigenvalue weighted by Gasteiger charge is 2.30. The molecule has 0 saturated heterocycles. The van der Waals surface area contributed by atoms with Gasteiger partial charge in [0.05, 0.1) is 18.1 Å². The zero-order valence-electron chi connectivity index (χ0n) is 8.25. The lowest BCUT2D eigenvalue weighted by molar-refractivity contribution is -0.137. The molecule has 5 heteroatoms. The van der Waals surface area contributed by atoms with Crippen molar-refractivity contribution in [2.24, 2.45) is 0 Å². The van der Waals surface area contributed by atoms with Crippen LogP contribution >= 0.6 is 0 Å². The molecule has 2 nitrogen and oxygen atoms in total. The highest BCUT2D eigenvalue weighted by Crippen LogP contribution is 2.31. The van der Waals surface area contributed by atoms with Crippen LogP contribution in [0.1, 0.15) is 17.5 Å². The topological polar surface area (TPSA) is 49.8 Å². The average molecular weight is 226 g/mol. The van der Waals surface area contributed by atoms with E-state index >= 15 is 0 Å². The Bertz CT molecular complexity index is 442. The molecule has 0 aliphatic heterocycles. The molecule has 0 radical (unpaired) electrons. The predicted octanol–water partition coefficient (Wildman–Crippen LogP) is 3.21. The van der Waals surface area contributed by atoms with Crippen LogP contribution in [-0.4, -0.2) is 0 Å². The minimum atomic E-state index is -4.41. The minimum Gasteiger partial charge on any atom is -0.399 e. The molecule has 1 aromatic carbocycles. The monoisotopic (exact) mass is 226 g/mol. The Morgan fingerprint density at radius 3 is 2.56 bits per heavy atom. The molecule has 0 spiro atoms. The third-order valence-electron chi connectivity index (χ3n) is 1.82. The third-order valence-corrected chi connectivity index (χ3v) is 1.82. The van der Waals surface area contributed by atoms with Gasteiger partial charge in [-0.25, -0.2) is 0 Å². The molecule has 0 aliphatic rings. The van der Waals surface area contributed by atoms with Crippen LogP contribution in [0.4, 0.5) is 18.9 Å². The Hall–Kier alpha value is -1.96. The van der Waals surface area contributed by atoms with Gasteiger partial charge in [-0.05, 0) is 23.8 Å². The van der Waals surface area contributed by atoms with E-state index in [4.69, 9.17) is 11.0 Å². The minimum absolute atomic E-state index is 0.0476. The number of allylic oxidation sites excluding steroid dienone is 1. The summed E-state index contributed by atoms with van der Waals surface area (Å²) in [4.78, 5) is 0. The van der Waals surface area contributed by atoms with E-state index in [-0.39, 0.29) is 12.1 Å². The fourth-order valence-electron chi connectivity index (χ4n) is 1.18. The Labute approximate surface area is 90.8 Å². The van der Waals surface area contributed by atoms with Crippen molar-refractivity contribution in [3.63, 3.8) is 0 Å². The molecule has 84 valence electrons. The molecule has 0 heterocycles. The molecule has 1 rings (SSSR count). The number of halogens is 3. The maximum absolute atomic E-state index is 12.4. The van der Waals surface area contributed by atoms with E-state index in [2.05, 4.69) is 0 Å². The summed E-state index contributed by atoms with van der Waals surface area (Å²) in [6, 6.07) is 5.14. The number of benzene rings is 1. The summed E-state index contributed by atoms with van der Waals surface area (Å²) in [5.74, 6) is 0. The van der Waals surface area contributed by atoms with Gasteiger partial charge in [-0.1, -0.05) is 12.2 Å². The number of nitriles is 1. The highest BCUT2D eigenvalue weighted by molar-refractivity contribution is 5.58. The average Bonchev–Trinajstić information content (AvgIpc) is 2.16. The molecule has 0 aromatic heterocycles. The summed E-state index contributed by atoms with van der Waals surface area (Å²) in [5, 5.41) is 8.28. The van der Waals surface area contributed by atoms with Crippen LogP contribution in [0, 0.1) is 11.3 Å². The Morgan fingerprint density at radius 1 is 1.31 bits per heavy atom. The van der Waals surface area contributed by atoms with Crippen LogP contribution in [0.2, 0.25) is 0 Å². The molecule has 1 aromatic rings. The largest absolute Gasteiger partial charge is 0.416 e. The number of rotatable bonds is 2. The van der Waals surface area contributed by atoms with Crippen LogP contribution in [0.15, 0.2) is 24.3 Å². The zero-order valence-corrected chi connectivity index (χ0v) is 8.25. The number of anilines is 1. The van der Waals surface area contributed by atoms with E-state index < -0.39 is 11.7 Å². The van der Waals surface area contributed by atoms with Crippen molar-refractivity contribution >= 4 is 11.8 Å². The fourth-order valence-corrected chi connectivity index (χ4v) is 1.18. The van der Waals surface area contributed by atoms with Crippen molar-refractivity contribution in [3.05, 3.63) is 35.4 Å². The lowest BCUT2D eigenvalue weighted by atomic mass is 10.1. The van der Waals surface area contributed by atoms with E-state index in [1.165, 1.54) is 18.2 Å². The molecule has 0 aliphatic carbocycles. The first-order valence-electron chi connectivity index (χ1n) is 4.45. The molecule has 16 heavy (non-hydrogen) atoms. The summed E-state index contributed by atoms with van der Waals surface area (Å²) in [7, 11) is 0. The van der Waals surface area contributed by atoms with Crippen molar-refractivity contribution in [1.82, 2.24) is 0 Å². The standard InChI is InChI=1S/C11H9F3N2/c12-11(13,14)9-5-8(3-1-2-4-15)6-10(16)7-9/h1,3,5-7H,2,16H2. The van der Waals surface area contributed by atoms with Crippen molar-refractivity contribution in [2.45, 2.75) is 12.6 Å². The van der Waals surface area contributed by atoms with Gasteiger partial charge in [-0.15, -0.1) is 0 Å². The summed E-state index contributed by atoms with van der Waals surface area (Å²) >= 11 is 0. The lowest BCUT2D eigenvalue weighted by Gasteiger charge is -2.08. The second kappa shape index (κ2) is 4.71. The predicted molar refractivity (Wildman–Crippen MR) is 55.1 cm³/mol. The van der Waals surface area contributed by atoms with E-state index in [9.17, 15) is 13.2 Å². The van der Waals surface area contributed by atoms with Gasteiger partial charge >= 0.3 is 6.18 Å². The van der Waals surface area contributed by atoms with Crippen LogP contribution in [0.3, 0.4) is 0 Å². The molecule has 0 atom stereocenters. The first kappa shape index (κ1) is 12.1. The summed E-state index contributed by atoms with van der Waals surface area (Å²) < 4.78 is 37.2. The third kappa shape index (κ3) is 3.31. The number of hydrogen-bond acceptors (Lipinski definition) is 2. The lowest BCUT2D eigenvalue weighted by Crippen LogP contribution is -2.06. The van der Waals surface area contributed by atoms with Crippen LogP contribution in [-0.2, 0) is 6.18 Å². The van der Waals surface area contributed by atoms with Crippen LogP contribution in [0.25, 0.3) is 6.08 Å². The molecule has 2 N–H and O–H groups in total. The number of hydrogen-bond donors (Lipinski definition) is 1. The molecular weight excluding hydrogens is 217 g/mol. The number of nitrogen functional groups attached to an aromatic ring is 1. The van der Waals surface area contributed by atoms with Crippen molar-refractivity contribution in [3.8, 4) is 6.07 Å². The zero-order chi connectivity index (χ0) is 12.2. The molecule has 0 saturated carbocycles. The van der Waals surface area contributed by atoms with Gasteiger partial charge in [0.25, 0.3) is 0 Å². The van der Waals surface area contributed by atoms with Crippen molar-refractivity contribution < 1.29 is 13.2 Å². The number of alkyl halides is 3. The van der Waals surface area contributed by atoms with Gasteiger partial charge in [-0.3, -0.25) is 0 Å². The molecular formula is C11H9F3N2. The maximum atomic E-state index is 12.4. The molecule has 0 fully saturated rings. The summed E-state index contributed by atoms with van der Waals surface area (Å²) in [6.07, 6.45) is -1.34. The maximum Gasteiger partial charge on any atom is 0.416 e. The van der Waals surface area contributed by atoms with Gasteiger partial charge < -0.3 is 5.73 Å². The smallest absolute Gasteiger partial charge is 0.399 e. The first-order valence-corrected chi connectivity index (χ1v) is 4.45. The van der Waals surface area contributed by atoms with Crippen molar-refractivity contribution in [2.75, 3.05) is 5.73 Å². The first-order chi connectivity index (χ1) is 7.43. The highest BCUT2D eigenvalue weighted by atomic mass is 19.4. The molecule has 0 unspecified atom stereocenters. The Kier molecular flexibility index (Phi) is 3.56. The van der Waals surface area contributed by atoms with E-state index in [1.54, 1.807) is 0 Å². The Morgan fingerprint density at radius 2 is 2.00 bits per heavy atom. The molecule has 0 bridgehead atoms. The van der Waals surface area contributed by atoms with Gasteiger partial charge in [0.15, 0.2) is 0 Å². The molecule has 0 amide bonds. The van der Waals surface area contributed by atoms with E-state index in [0.717, 1.165) is 12.1 Å². The SMILES string of the molecule is N#CCC=Cc1cc(N)cc(C(F)(F)F)c1. The second-order valence-electron chi connectivity index (χ2n) is 3.15. The van der Waals surface area contributed by atoms with Gasteiger partial charge in [0.1, 0.15) is 0 Å². The number of nitrogens with zero attached hydrogens (tertiary/aromatic N) is 1. The van der Waals surface area contributed by atoms with Gasteiger partial charge in [0, 0.05) is 5.69 Å². The summed E-state index contributed by atoms with van der Waals surface area (Å²) in [6.45, 7) is 0. The quantitative estimate of drug-likeness (QED) is 0.787. The van der Waals surface area contributed by atoms with Gasteiger partial charge in [-0.2, -0.15) is 18.4 Å². The Balaban J connectivity index is 3.05. The van der Waals surface area contributed by atoms with Gasteiger partial charge in [0.2, 0.25) is 0 Å². The van der Waals surface area contributed by atoms with E-state index in [0.29, 0.717) is 5.56 Å². The fraction of sp³-hybridized carbons (Fsp3) is 0.182. The number of nitrogens with two attached hydrogens (primary N) is 1. The summed E-state index contributed by atoms with van der Waals surface area (Å²) in [5.41, 5.74) is 4.96. The van der Waals surface area contributed by atoms with Crippen molar-refractivity contribution in [1.29, 1.82) is 5.26 Å². The van der Waals surface area contributed by atoms with Crippen LogP contribution in [0.5, 0.6) is 0 Å². The normalized spacial score (nSPS) is 11.6. The van der Waals surface area contributed by atoms with Crippen LogP contribution < -0.4 is 5.73 Å². The van der Waals surface area contributed by atoms with E-state index in [1.807, 2.05) is 6.07 Å². The second-order valence-corrected chi connectivity index (χ2v) is 3.15.